The smallest absolute Gasteiger partial charge is 0.220 e. The molecule has 1 atom stereocenters. The van der Waals surface area contributed by atoms with Gasteiger partial charge in [-0.25, -0.2) is 9.37 Å². The molecule has 0 radical (unpaired) electrons. The summed E-state index contributed by atoms with van der Waals surface area (Å²) in [6.45, 7) is 1.32. The van der Waals surface area contributed by atoms with Crippen LogP contribution in [0.5, 0.6) is 0 Å². The quantitative estimate of drug-likeness (QED) is 0.889. The summed E-state index contributed by atoms with van der Waals surface area (Å²) in [5, 5.41) is 2.90. The molecule has 0 bridgehead atoms. The molecule has 1 aliphatic heterocycles. The monoisotopic (exact) mass is 319 g/mol. The molecule has 1 amide bonds. The molecule has 1 fully saturated rings. The number of nitrogens with one attached hydrogen (secondary N) is 1. The average molecular weight is 319 g/mol. The van der Waals surface area contributed by atoms with Crippen molar-refractivity contribution in [1.29, 1.82) is 0 Å². The number of carbonyl (C=O) groups is 1. The van der Waals surface area contributed by atoms with Gasteiger partial charge in [0.05, 0.1) is 11.6 Å². The van der Waals surface area contributed by atoms with Crippen molar-refractivity contribution in [2.24, 2.45) is 7.05 Å². The lowest BCUT2D eigenvalue weighted by Crippen LogP contribution is -2.27. The molecule has 3 rings (SSSR count). The molecule has 2 aromatic rings. The lowest BCUT2D eigenvalue weighted by Gasteiger charge is -2.09. The van der Waals surface area contributed by atoms with E-state index in [1.807, 2.05) is 17.7 Å². The fourth-order valence-corrected chi connectivity index (χ4v) is 3.02. The van der Waals surface area contributed by atoms with Crippen LogP contribution in [-0.4, -0.2) is 34.7 Å². The second-order valence-corrected chi connectivity index (χ2v) is 5.97. The number of aromatic nitrogens is 2. The Balaban J connectivity index is 1.49. The van der Waals surface area contributed by atoms with Crippen molar-refractivity contribution >= 4 is 16.9 Å². The Labute approximate surface area is 134 Å². The van der Waals surface area contributed by atoms with Crippen LogP contribution < -0.4 is 5.32 Å². The fourth-order valence-electron chi connectivity index (χ4n) is 3.02. The van der Waals surface area contributed by atoms with Gasteiger partial charge in [0.15, 0.2) is 5.82 Å². The highest BCUT2D eigenvalue weighted by atomic mass is 19.1. The number of para-hydroxylation sites is 1. The van der Waals surface area contributed by atoms with Crippen LogP contribution in [0.1, 0.15) is 31.5 Å². The summed E-state index contributed by atoms with van der Waals surface area (Å²) in [5.74, 6) is 0.486. The Morgan fingerprint density at radius 2 is 2.39 bits per heavy atom. The number of ether oxygens (including phenoxy) is 1. The van der Waals surface area contributed by atoms with E-state index in [9.17, 15) is 9.18 Å². The molecule has 1 N–H and O–H groups in total. The maximum atomic E-state index is 13.7. The van der Waals surface area contributed by atoms with Crippen molar-refractivity contribution in [2.45, 2.75) is 38.2 Å². The third-order valence-electron chi connectivity index (χ3n) is 4.34. The molecular weight excluding hydrogens is 297 g/mol. The summed E-state index contributed by atoms with van der Waals surface area (Å²) >= 11 is 0. The number of aryl methyl sites for hydroxylation is 1. The van der Waals surface area contributed by atoms with Crippen LogP contribution in [-0.2, 0) is 23.0 Å². The van der Waals surface area contributed by atoms with E-state index in [1.165, 1.54) is 6.07 Å². The first-order valence-electron chi connectivity index (χ1n) is 8.13. The third-order valence-corrected chi connectivity index (χ3v) is 4.34. The lowest BCUT2D eigenvalue weighted by atomic mass is 10.1. The highest BCUT2D eigenvalue weighted by molar-refractivity contribution is 5.77. The maximum Gasteiger partial charge on any atom is 0.220 e. The number of amides is 1. The molecule has 1 aromatic heterocycles. The molecule has 1 aromatic carbocycles. The van der Waals surface area contributed by atoms with Crippen LogP contribution in [0.25, 0.3) is 11.0 Å². The SMILES string of the molecule is Cn1c(CCNC(=O)CC[C@H]2CCCO2)nc2c(F)cccc21. The van der Waals surface area contributed by atoms with Crippen molar-refractivity contribution in [2.75, 3.05) is 13.2 Å². The highest BCUT2D eigenvalue weighted by Gasteiger charge is 2.16. The highest BCUT2D eigenvalue weighted by Crippen LogP contribution is 2.18. The molecule has 0 unspecified atom stereocenters. The number of hydrogen-bond donors (Lipinski definition) is 1. The fraction of sp³-hybridized carbons (Fsp3) is 0.529. The second-order valence-electron chi connectivity index (χ2n) is 5.97. The van der Waals surface area contributed by atoms with E-state index in [0.717, 1.165) is 37.2 Å². The van der Waals surface area contributed by atoms with Crippen molar-refractivity contribution in [3.8, 4) is 0 Å². The van der Waals surface area contributed by atoms with Crippen molar-refractivity contribution in [3.63, 3.8) is 0 Å². The summed E-state index contributed by atoms with van der Waals surface area (Å²) in [6.07, 6.45) is 4.24. The number of benzene rings is 1. The Morgan fingerprint density at radius 3 is 3.13 bits per heavy atom. The Hall–Kier alpha value is -1.95. The molecule has 124 valence electrons. The van der Waals surface area contributed by atoms with E-state index in [2.05, 4.69) is 10.3 Å². The van der Waals surface area contributed by atoms with Crippen molar-refractivity contribution in [1.82, 2.24) is 14.9 Å². The number of rotatable bonds is 6. The van der Waals surface area contributed by atoms with Crippen LogP contribution in [0.3, 0.4) is 0 Å². The zero-order valence-electron chi connectivity index (χ0n) is 13.3. The summed E-state index contributed by atoms with van der Waals surface area (Å²) in [5.41, 5.74) is 1.15. The normalized spacial score (nSPS) is 17.7. The Bertz CT molecular complexity index is 692. The number of imidazole rings is 1. The van der Waals surface area contributed by atoms with Crippen LogP contribution in [0, 0.1) is 5.82 Å². The Morgan fingerprint density at radius 1 is 1.52 bits per heavy atom. The van der Waals surface area contributed by atoms with Gasteiger partial charge in [0.1, 0.15) is 11.3 Å². The predicted octanol–water partition coefficient (Wildman–Crippen LogP) is 2.33. The summed E-state index contributed by atoms with van der Waals surface area (Å²) < 4.78 is 21.1. The number of hydrogen-bond acceptors (Lipinski definition) is 3. The standard InChI is InChI=1S/C17H22FN3O2/c1-21-14-6-2-5-13(18)17(14)20-15(21)9-10-19-16(22)8-7-12-4-3-11-23-12/h2,5-6,12H,3-4,7-11H2,1H3,(H,19,22)/t12-/m1/s1. The lowest BCUT2D eigenvalue weighted by molar-refractivity contribution is -0.121. The minimum atomic E-state index is -0.315. The Kier molecular flexibility index (Phi) is 4.91. The summed E-state index contributed by atoms with van der Waals surface area (Å²) in [4.78, 5) is 16.2. The van der Waals surface area contributed by atoms with E-state index in [0.29, 0.717) is 24.9 Å². The van der Waals surface area contributed by atoms with E-state index in [4.69, 9.17) is 4.74 Å². The van der Waals surface area contributed by atoms with Gasteiger partial charge in [-0.1, -0.05) is 6.07 Å². The molecule has 2 heterocycles. The van der Waals surface area contributed by atoms with Gasteiger partial charge in [0, 0.05) is 33.0 Å². The first-order chi connectivity index (χ1) is 11.1. The van der Waals surface area contributed by atoms with Crippen LogP contribution in [0.15, 0.2) is 18.2 Å². The minimum Gasteiger partial charge on any atom is -0.378 e. The third kappa shape index (κ3) is 3.69. The van der Waals surface area contributed by atoms with Gasteiger partial charge < -0.3 is 14.6 Å². The number of nitrogens with zero attached hydrogens (tertiary/aromatic N) is 2. The molecule has 0 aliphatic carbocycles. The van der Waals surface area contributed by atoms with Gasteiger partial charge in [-0.2, -0.15) is 0 Å². The molecule has 0 spiro atoms. The second kappa shape index (κ2) is 7.08. The van der Waals surface area contributed by atoms with Gasteiger partial charge in [0.2, 0.25) is 5.91 Å². The van der Waals surface area contributed by atoms with Crippen molar-refractivity contribution in [3.05, 3.63) is 29.8 Å². The number of carbonyl (C=O) groups excluding carboxylic acids is 1. The van der Waals surface area contributed by atoms with E-state index < -0.39 is 0 Å². The molecule has 23 heavy (non-hydrogen) atoms. The first kappa shape index (κ1) is 15.9. The maximum absolute atomic E-state index is 13.7. The van der Waals surface area contributed by atoms with Crippen molar-refractivity contribution < 1.29 is 13.9 Å². The van der Waals surface area contributed by atoms with E-state index >= 15 is 0 Å². The zero-order valence-corrected chi connectivity index (χ0v) is 13.3. The van der Waals surface area contributed by atoms with Gasteiger partial charge in [-0.15, -0.1) is 0 Å². The molecule has 1 aliphatic rings. The summed E-state index contributed by atoms with van der Waals surface area (Å²) in [7, 11) is 1.86. The summed E-state index contributed by atoms with van der Waals surface area (Å²) in [6, 6.07) is 4.93. The predicted molar refractivity (Wildman–Crippen MR) is 85.6 cm³/mol. The minimum absolute atomic E-state index is 0.0328. The molecule has 0 saturated carbocycles. The van der Waals surface area contributed by atoms with Crippen LogP contribution >= 0.6 is 0 Å². The van der Waals surface area contributed by atoms with E-state index in [-0.39, 0.29) is 17.8 Å². The van der Waals surface area contributed by atoms with Crippen LogP contribution in [0.4, 0.5) is 4.39 Å². The molecule has 1 saturated heterocycles. The van der Waals surface area contributed by atoms with Crippen LogP contribution in [0.2, 0.25) is 0 Å². The number of fused-ring (bicyclic) bond motifs is 1. The van der Waals surface area contributed by atoms with Gasteiger partial charge in [-0.05, 0) is 31.4 Å². The number of halogens is 1. The molecule has 6 heteroatoms. The van der Waals surface area contributed by atoms with Gasteiger partial charge in [-0.3, -0.25) is 4.79 Å². The average Bonchev–Trinajstić information content (AvgIpc) is 3.16. The molecular formula is C17H22FN3O2. The topological polar surface area (TPSA) is 56.2 Å². The van der Waals surface area contributed by atoms with Gasteiger partial charge in [0.25, 0.3) is 0 Å². The first-order valence-corrected chi connectivity index (χ1v) is 8.13. The zero-order chi connectivity index (χ0) is 16.2. The van der Waals surface area contributed by atoms with E-state index in [1.54, 1.807) is 6.07 Å². The van der Waals surface area contributed by atoms with Gasteiger partial charge >= 0.3 is 0 Å². The molecule has 5 nitrogen and oxygen atoms in total. The largest absolute Gasteiger partial charge is 0.378 e.